The molecule has 0 bridgehead atoms. The zero-order chi connectivity index (χ0) is 24.8. The monoisotopic (exact) mass is 496 g/mol. The van der Waals surface area contributed by atoms with Crippen molar-refractivity contribution in [3.8, 4) is 0 Å². The minimum absolute atomic E-state index is 0.0855. The van der Waals surface area contributed by atoms with Gasteiger partial charge in [0.05, 0.1) is 18.1 Å². The fourth-order valence-electron chi connectivity index (χ4n) is 4.14. The van der Waals surface area contributed by atoms with Gasteiger partial charge in [-0.05, 0) is 41.8 Å². The Kier molecular flexibility index (Phi) is 8.00. The summed E-state index contributed by atoms with van der Waals surface area (Å²) in [5, 5.41) is 2.97. The zero-order valence-corrected chi connectivity index (χ0v) is 21.0. The molecule has 3 aromatic rings. The summed E-state index contributed by atoms with van der Waals surface area (Å²) in [6.45, 7) is 6.49. The second kappa shape index (κ2) is 11.2. The molecule has 35 heavy (non-hydrogen) atoms. The third-order valence-corrected chi connectivity index (χ3v) is 7.91. The molecule has 1 N–H and O–H groups in total. The highest BCUT2D eigenvalue weighted by Crippen LogP contribution is 2.19. The quantitative estimate of drug-likeness (QED) is 0.488. The number of carbonyl (C=O) groups is 1. The topological polar surface area (TPSA) is 93.5 Å². The Hall–Kier alpha value is -3.01. The number of imidazole rings is 1. The first-order valence-electron chi connectivity index (χ1n) is 11.9. The molecule has 0 radical (unpaired) electrons. The molecular formula is C26H32N4O4S. The number of hydrogen-bond acceptors (Lipinski definition) is 5. The predicted octanol–water partition coefficient (Wildman–Crippen LogP) is 3.65. The van der Waals surface area contributed by atoms with Gasteiger partial charge in [-0.25, -0.2) is 13.4 Å². The van der Waals surface area contributed by atoms with Crippen LogP contribution in [0.25, 0.3) is 0 Å². The normalized spacial score (nSPS) is 14.8. The lowest BCUT2D eigenvalue weighted by Crippen LogP contribution is -2.40. The molecule has 1 saturated heterocycles. The van der Waals surface area contributed by atoms with Crippen LogP contribution in [-0.4, -0.2) is 54.5 Å². The molecule has 1 aliphatic heterocycles. The lowest BCUT2D eigenvalue weighted by molar-refractivity contribution is -0.116. The van der Waals surface area contributed by atoms with E-state index in [1.54, 1.807) is 24.3 Å². The lowest BCUT2D eigenvalue weighted by atomic mass is 10.1. The van der Waals surface area contributed by atoms with Gasteiger partial charge in [-0.15, -0.1) is 0 Å². The van der Waals surface area contributed by atoms with Gasteiger partial charge in [0.15, 0.2) is 0 Å². The highest BCUT2D eigenvalue weighted by Gasteiger charge is 2.26. The highest BCUT2D eigenvalue weighted by molar-refractivity contribution is 7.89. The van der Waals surface area contributed by atoms with Gasteiger partial charge in [-0.2, -0.15) is 4.31 Å². The van der Waals surface area contributed by atoms with E-state index in [4.69, 9.17) is 4.74 Å². The number of amides is 1. The number of nitrogens with zero attached hydrogens (tertiary/aromatic N) is 3. The molecule has 0 unspecified atom stereocenters. The third kappa shape index (κ3) is 6.36. The van der Waals surface area contributed by atoms with Crippen LogP contribution in [0.5, 0.6) is 0 Å². The first-order valence-corrected chi connectivity index (χ1v) is 13.3. The summed E-state index contributed by atoms with van der Waals surface area (Å²) in [5.74, 6) is 1.28. The Balaban J connectivity index is 1.31. The lowest BCUT2D eigenvalue weighted by Gasteiger charge is -2.26. The summed E-state index contributed by atoms with van der Waals surface area (Å²) >= 11 is 0. The number of anilines is 1. The summed E-state index contributed by atoms with van der Waals surface area (Å²) in [6, 6.07) is 14.6. The number of aromatic nitrogens is 2. The van der Waals surface area contributed by atoms with Gasteiger partial charge in [0, 0.05) is 50.1 Å². The molecule has 1 aliphatic rings. The average molecular weight is 497 g/mol. The molecule has 1 fully saturated rings. The smallest absolute Gasteiger partial charge is 0.243 e. The number of carbonyl (C=O) groups excluding carboxylic acids is 1. The van der Waals surface area contributed by atoms with Crippen LogP contribution < -0.4 is 5.32 Å². The summed E-state index contributed by atoms with van der Waals surface area (Å²) in [7, 11) is -3.51. The average Bonchev–Trinajstić information content (AvgIpc) is 3.32. The summed E-state index contributed by atoms with van der Waals surface area (Å²) in [5.41, 5.74) is 2.75. The summed E-state index contributed by atoms with van der Waals surface area (Å²) < 4.78 is 34.3. The van der Waals surface area contributed by atoms with Gasteiger partial charge in [0.25, 0.3) is 0 Å². The maximum atomic E-state index is 12.7. The second-order valence-corrected chi connectivity index (χ2v) is 10.9. The van der Waals surface area contributed by atoms with Crippen molar-refractivity contribution >= 4 is 21.6 Å². The van der Waals surface area contributed by atoms with E-state index in [9.17, 15) is 13.2 Å². The van der Waals surface area contributed by atoms with Crippen LogP contribution in [0.15, 0.2) is 65.8 Å². The van der Waals surface area contributed by atoms with E-state index in [0.717, 1.165) is 22.6 Å². The number of rotatable bonds is 9. The van der Waals surface area contributed by atoms with E-state index in [0.29, 0.717) is 51.6 Å². The minimum atomic E-state index is -3.51. The maximum Gasteiger partial charge on any atom is 0.243 e. The van der Waals surface area contributed by atoms with Gasteiger partial charge in [0.2, 0.25) is 15.9 Å². The molecule has 0 spiro atoms. The number of benzene rings is 2. The largest absolute Gasteiger partial charge is 0.379 e. The molecule has 186 valence electrons. The van der Waals surface area contributed by atoms with E-state index >= 15 is 0 Å². The van der Waals surface area contributed by atoms with Crippen molar-refractivity contribution in [3.05, 3.63) is 77.9 Å². The third-order valence-electron chi connectivity index (χ3n) is 6.00. The van der Waals surface area contributed by atoms with E-state index in [1.807, 2.05) is 36.7 Å². The van der Waals surface area contributed by atoms with E-state index in [-0.39, 0.29) is 10.8 Å². The molecule has 4 rings (SSSR count). The van der Waals surface area contributed by atoms with Crippen molar-refractivity contribution in [1.29, 1.82) is 0 Å². The fraction of sp³-hybridized carbons (Fsp3) is 0.385. The molecular weight excluding hydrogens is 464 g/mol. The van der Waals surface area contributed by atoms with Crippen molar-refractivity contribution in [2.75, 3.05) is 31.6 Å². The molecule has 2 aromatic carbocycles. The Morgan fingerprint density at radius 3 is 2.54 bits per heavy atom. The van der Waals surface area contributed by atoms with Crippen molar-refractivity contribution < 1.29 is 17.9 Å². The van der Waals surface area contributed by atoms with Crippen LogP contribution in [0.1, 0.15) is 43.1 Å². The first kappa shape index (κ1) is 25.1. The first-order chi connectivity index (χ1) is 16.8. The molecule has 0 aliphatic carbocycles. The van der Waals surface area contributed by atoms with E-state index in [1.165, 1.54) is 4.31 Å². The number of sulfonamides is 1. The molecule has 2 heterocycles. The Morgan fingerprint density at radius 2 is 1.83 bits per heavy atom. The number of morpholine rings is 1. The SMILES string of the molecule is CC(C)c1nccn1Cc1cccc(NC(=O)CCc2ccc(S(=O)(=O)N3CCOCC3)cc2)c1. The van der Waals surface area contributed by atoms with Gasteiger partial charge in [0.1, 0.15) is 5.82 Å². The standard InChI is InChI=1S/C26H32N4O4S/c1-20(2)26-27-12-13-29(26)19-22-4-3-5-23(18-22)28-25(31)11-8-21-6-9-24(10-7-21)35(32,33)30-14-16-34-17-15-30/h3-7,9-10,12-13,18,20H,8,11,14-17,19H2,1-2H3,(H,28,31). The molecule has 8 nitrogen and oxygen atoms in total. The second-order valence-electron chi connectivity index (χ2n) is 8.98. The summed E-state index contributed by atoms with van der Waals surface area (Å²) in [6.07, 6.45) is 4.61. The van der Waals surface area contributed by atoms with Crippen molar-refractivity contribution in [1.82, 2.24) is 13.9 Å². The maximum absolute atomic E-state index is 12.7. The highest BCUT2D eigenvalue weighted by atomic mass is 32.2. The number of nitrogens with one attached hydrogen (secondary N) is 1. The predicted molar refractivity (Wildman–Crippen MR) is 135 cm³/mol. The molecule has 0 saturated carbocycles. The van der Waals surface area contributed by atoms with Gasteiger partial charge in [-0.1, -0.05) is 38.1 Å². The number of aryl methyl sites for hydroxylation is 1. The Bertz CT molecular complexity index is 1250. The van der Waals surface area contributed by atoms with Crippen LogP contribution in [0.4, 0.5) is 5.69 Å². The number of ether oxygens (including phenoxy) is 1. The fourth-order valence-corrected chi connectivity index (χ4v) is 5.55. The van der Waals surface area contributed by atoms with Gasteiger partial charge >= 0.3 is 0 Å². The van der Waals surface area contributed by atoms with Crippen LogP contribution in [0.2, 0.25) is 0 Å². The Morgan fingerprint density at radius 1 is 1.09 bits per heavy atom. The van der Waals surface area contributed by atoms with Crippen molar-refractivity contribution in [3.63, 3.8) is 0 Å². The van der Waals surface area contributed by atoms with Gasteiger partial charge in [-0.3, -0.25) is 4.79 Å². The molecule has 1 aromatic heterocycles. The van der Waals surface area contributed by atoms with Crippen LogP contribution >= 0.6 is 0 Å². The van der Waals surface area contributed by atoms with Crippen LogP contribution in [-0.2, 0) is 32.5 Å². The van der Waals surface area contributed by atoms with Crippen molar-refractivity contribution in [2.45, 2.75) is 44.0 Å². The van der Waals surface area contributed by atoms with Crippen molar-refractivity contribution in [2.24, 2.45) is 0 Å². The van der Waals surface area contributed by atoms with Gasteiger partial charge < -0.3 is 14.6 Å². The van der Waals surface area contributed by atoms with Crippen LogP contribution in [0.3, 0.4) is 0 Å². The minimum Gasteiger partial charge on any atom is -0.379 e. The Labute approximate surface area is 207 Å². The van der Waals surface area contributed by atoms with E-state index < -0.39 is 10.0 Å². The molecule has 0 atom stereocenters. The zero-order valence-electron chi connectivity index (χ0n) is 20.2. The van der Waals surface area contributed by atoms with E-state index in [2.05, 4.69) is 28.7 Å². The molecule has 9 heteroatoms. The molecule has 1 amide bonds. The van der Waals surface area contributed by atoms with Crippen LogP contribution in [0, 0.1) is 0 Å². The number of hydrogen-bond donors (Lipinski definition) is 1. The summed E-state index contributed by atoms with van der Waals surface area (Å²) in [4.78, 5) is 17.2.